The molecule has 10 heteroatoms. The van der Waals surface area contributed by atoms with Crippen molar-refractivity contribution in [3.63, 3.8) is 0 Å². The highest BCUT2D eigenvalue weighted by Gasteiger charge is 2.10. The number of hydrogen-bond donors (Lipinski definition) is 0. The summed E-state index contributed by atoms with van der Waals surface area (Å²) in [5, 5.41) is 0. The van der Waals surface area contributed by atoms with E-state index in [1.807, 2.05) is 45.9 Å². The van der Waals surface area contributed by atoms with E-state index in [0.717, 1.165) is 32.2 Å². The summed E-state index contributed by atoms with van der Waals surface area (Å²) >= 11 is 0. The molecule has 1 saturated carbocycles. The van der Waals surface area contributed by atoms with Gasteiger partial charge in [-0.25, -0.2) is 4.79 Å². The van der Waals surface area contributed by atoms with Gasteiger partial charge in [-0.3, -0.25) is 14.4 Å². The molecule has 1 atom stereocenters. The van der Waals surface area contributed by atoms with Crippen LogP contribution in [0.2, 0.25) is 0 Å². The zero-order valence-electron chi connectivity index (χ0n) is 42.9. The van der Waals surface area contributed by atoms with Crippen LogP contribution in [0, 0.1) is 18.8 Å². The largest absolute Gasteiger partial charge is 0.428 e. The second-order valence-corrected chi connectivity index (χ2v) is 14.1. The minimum absolute atomic E-state index is 0.265. The summed E-state index contributed by atoms with van der Waals surface area (Å²) in [6.45, 7) is 36.0. The van der Waals surface area contributed by atoms with Crippen molar-refractivity contribution in [2.75, 3.05) is 33.4 Å². The van der Waals surface area contributed by atoms with Gasteiger partial charge in [0.25, 0.3) is 0 Å². The van der Waals surface area contributed by atoms with Crippen LogP contribution in [0.3, 0.4) is 0 Å². The van der Waals surface area contributed by atoms with Crippen molar-refractivity contribution in [1.29, 1.82) is 0 Å². The van der Waals surface area contributed by atoms with Crippen molar-refractivity contribution in [2.24, 2.45) is 11.8 Å². The fourth-order valence-corrected chi connectivity index (χ4v) is 4.00. The van der Waals surface area contributed by atoms with Crippen LogP contribution in [0.5, 0.6) is 0 Å². The highest BCUT2D eigenvalue weighted by Crippen LogP contribution is 2.25. The summed E-state index contributed by atoms with van der Waals surface area (Å²) in [5.41, 5.74) is 1.75. The molecule has 1 fully saturated rings. The maximum absolute atomic E-state index is 11.2. The molecule has 3 rings (SSSR count). The first-order valence-electron chi connectivity index (χ1n) is 23.5. The van der Waals surface area contributed by atoms with Crippen molar-refractivity contribution in [1.82, 2.24) is 0 Å². The molecule has 0 aliphatic heterocycles. The molecule has 0 bridgehead atoms. The monoisotopic (exact) mass is 881 g/mol. The third-order valence-electron chi connectivity index (χ3n) is 7.42. The third kappa shape index (κ3) is 65.4. The SMILES string of the molecule is CC.CC(=O)OCOC(=O)c1ccccc1.CCC.CCC.CCC(=O)OCOC(=O)CC.CCC(C)OCC(C)C.CCC1CCCCC1.CCOCC.Cc1ccccc1. The Kier molecular flexibility index (Phi) is 66.9. The van der Waals surface area contributed by atoms with Crippen molar-refractivity contribution < 1.29 is 47.6 Å². The molecule has 2 aromatic rings. The standard InChI is InChI=1S/C10H10O4.C8H18O.C8H16.C7H12O4.C7H8.C4H10O.2C3H8.C2H6/c1-8(11)13-7-14-10(12)9-5-3-2-4-6-9;1-5-8(4)9-6-7(2)3;1-2-8-6-4-3-5-7-8;1-3-6(8)10-5-11-7(9)4-2;1-7-5-3-2-4-6-7;1-3-5-4-2;2*1-3-2;1-2/h2-6H,7H2,1H3;7-8H,5-6H2,1-4H3;8H,2-7H2,1H3;3-5H2,1-2H3;2-6H,1H3;3-4H2,1-2H3;2*3H2,1-2H3;1-2H3. The highest BCUT2D eigenvalue weighted by atomic mass is 16.7. The number of rotatable bonds is 14. The van der Waals surface area contributed by atoms with E-state index in [2.05, 4.69) is 100 Å². The fourth-order valence-electron chi connectivity index (χ4n) is 4.00. The Labute approximate surface area is 381 Å². The molecule has 0 aromatic heterocycles. The first-order valence-corrected chi connectivity index (χ1v) is 23.5. The number of hydrogen-bond acceptors (Lipinski definition) is 10. The molecule has 1 aliphatic carbocycles. The Bertz CT molecular complexity index is 1150. The molecule has 0 amide bonds. The van der Waals surface area contributed by atoms with Crippen molar-refractivity contribution >= 4 is 23.9 Å². The zero-order chi connectivity index (χ0) is 48.8. The lowest BCUT2D eigenvalue weighted by molar-refractivity contribution is -0.166. The number of ether oxygens (including phenoxy) is 6. The van der Waals surface area contributed by atoms with E-state index in [-0.39, 0.29) is 25.5 Å². The second kappa shape index (κ2) is 59.3. The van der Waals surface area contributed by atoms with E-state index in [0.29, 0.717) is 30.4 Å². The molecule has 0 radical (unpaired) electrons. The Morgan fingerprint density at radius 1 is 0.613 bits per heavy atom. The van der Waals surface area contributed by atoms with E-state index < -0.39 is 11.9 Å². The van der Waals surface area contributed by atoms with E-state index in [1.165, 1.54) is 63.9 Å². The molecule has 0 saturated heterocycles. The quantitative estimate of drug-likeness (QED) is 0.134. The molecule has 62 heavy (non-hydrogen) atoms. The summed E-state index contributed by atoms with van der Waals surface area (Å²) in [4.78, 5) is 42.5. The summed E-state index contributed by atoms with van der Waals surface area (Å²) in [6, 6.07) is 18.7. The maximum Gasteiger partial charge on any atom is 0.340 e. The first-order chi connectivity index (χ1) is 29.6. The van der Waals surface area contributed by atoms with Gasteiger partial charge < -0.3 is 28.4 Å². The second-order valence-electron chi connectivity index (χ2n) is 14.1. The molecule has 10 nitrogen and oxygen atoms in total. The minimum atomic E-state index is -0.508. The Hall–Kier alpha value is -3.76. The number of carbonyl (C=O) groups excluding carboxylic acids is 4. The predicted molar refractivity (Wildman–Crippen MR) is 260 cm³/mol. The van der Waals surface area contributed by atoms with Crippen molar-refractivity contribution in [3.05, 3.63) is 71.8 Å². The summed E-state index contributed by atoms with van der Waals surface area (Å²) < 4.78 is 28.4. The Morgan fingerprint density at radius 3 is 1.32 bits per heavy atom. The zero-order valence-corrected chi connectivity index (χ0v) is 42.9. The van der Waals surface area contributed by atoms with Crippen molar-refractivity contribution in [3.8, 4) is 0 Å². The number of esters is 4. The molecule has 1 unspecified atom stereocenters. The van der Waals surface area contributed by atoms with Gasteiger partial charge in [-0.2, -0.15) is 0 Å². The Balaban J connectivity index is -0.000000150. The lowest BCUT2D eigenvalue weighted by Crippen LogP contribution is -2.10. The van der Waals surface area contributed by atoms with Crippen LogP contribution >= 0.6 is 0 Å². The van der Waals surface area contributed by atoms with E-state index in [1.54, 1.807) is 44.2 Å². The minimum Gasteiger partial charge on any atom is -0.428 e. The summed E-state index contributed by atoms with van der Waals surface area (Å²) in [5.74, 6) is 0.0308. The molecule has 1 aliphatic rings. The molecule has 0 spiro atoms. The van der Waals surface area contributed by atoms with Gasteiger partial charge in [0.05, 0.1) is 11.7 Å². The normalized spacial score (nSPS) is 11.1. The first kappa shape index (κ1) is 69.9. The Morgan fingerprint density at radius 2 is 1.03 bits per heavy atom. The molecular formula is C52H96O10. The fraction of sp³-hybridized carbons (Fsp3) is 0.692. The van der Waals surface area contributed by atoms with Gasteiger partial charge in [-0.1, -0.05) is 189 Å². The molecule has 0 N–H and O–H groups in total. The smallest absolute Gasteiger partial charge is 0.340 e. The third-order valence-corrected chi connectivity index (χ3v) is 7.42. The van der Waals surface area contributed by atoms with Crippen LogP contribution in [0.1, 0.15) is 197 Å². The molecule has 0 heterocycles. The van der Waals surface area contributed by atoms with Gasteiger partial charge >= 0.3 is 23.9 Å². The average Bonchev–Trinajstić information content (AvgIpc) is 3.28. The number of aryl methyl sites for hydroxylation is 1. The van der Waals surface area contributed by atoms with Crippen LogP contribution in [-0.4, -0.2) is 63.4 Å². The summed E-state index contributed by atoms with van der Waals surface area (Å²) in [7, 11) is 0. The number of carbonyl (C=O) groups is 4. The molecule has 2 aromatic carbocycles. The van der Waals surface area contributed by atoms with Crippen LogP contribution < -0.4 is 0 Å². The number of benzene rings is 2. The van der Waals surface area contributed by atoms with E-state index in [4.69, 9.17) is 9.47 Å². The maximum atomic E-state index is 11.2. The van der Waals surface area contributed by atoms with Gasteiger partial charge in [0.2, 0.25) is 13.6 Å². The predicted octanol–water partition coefficient (Wildman–Crippen LogP) is 14.5. The average molecular weight is 881 g/mol. The van der Waals surface area contributed by atoms with E-state index >= 15 is 0 Å². The van der Waals surface area contributed by atoms with Crippen LogP contribution in [0.4, 0.5) is 0 Å². The highest BCUT2D eigenvalue weighted by molar-refractivity contribution is 5.89. The summed E-state index contributed by atoms with van der Waals surface area (Å²) in [6.07, 6.45) is 13.6. The van der Waals surface area contributed by atoms with Gasteiger partial charge in [0.1, 0.15) is 0 Å². The molecular weight excluding hydrogens is 785 g/mol. The lowest BCUT2D eigenvalue weighted by atomic mass is 9.88. The van der Waals surface area contributed by atoms with Crippen LogP contribution in [0.15, 0.2) is 60.7 Å². The van der Waals surface area contributed by atoms with Crippen LogP contribution in [-0.2, 0) is 42.8 Å². The van der Waals surface area contributed by atoms with Gasteiger partial charge in [-0.05, 0) is 58.1 Å². The topological polar surface area (TPSA) is 124 Å². The van der Waals surface area contributed by atoms with Crippen LogP contribution in [0.25, 0.3) is 0 Å². The van der Waals surface area contributed by atoms with Gasteiger partial charge in [0, 0.05) is 39.6 Å². The van der Waals surface area contributed by atoms with Crippen molar-refractivity contribution in [2.45, 2.75) is 194 Å². The van der Waals surface area contributed by atoms with Gasteiger partial charge in [-0.15, -0.1) is 0 Å². The molecule has 364 valence electrons. The lowest BCUT2D eigenvalue weighted by Gasteiger charge is -2.18. The van der Waals surface area contributed by atoms with E-state index in [9.17, 15) is 19.2 Å². The van der Waals surface area contributed by atoms with Gasteiger partial charge in [0.15, 0.2) is 0 Å².